The lowest BCUT2D eigenvalue weighted by Gasteiger charge is -2.20. The highest BCUT2D eigenvalue weighted by atomic mass is 19.2. The molecule has 1 N–H and O–H groups in total. The molecule has 1 rings (SSSR count). The summed E-state index contributed by atoms with van der Waals surface area (Å²) in [5, 5.41) is 3.24. The van der Waals surface area contributed by atoms with Gasteiger partial charge in [-0.1, -0.05) is 0 Å². The van der Waals surface area contributed by atoms with Crippen molar-refractivity contribution >= 4 is 0 Å². The van der Waals surface area contributed by atoms with Gasteiger partial charge in [-0.2, -0.15) is 0 Å². The molecule has 108 valence electrons. The Morgan fingerprint density at radius 3 is 2.26 bits per heavy atom. The lowest BCUT2D eigenvalue weighted by molar-refractivity contribution is 0.133. The predicted molar refractivity (Wildman–Crippen MR) is 68.6 cm³/mol. The average Bonchev–Trinajstić information content (AvgIpc) is 2.28. The van der Waals surface area contributed by atoms with Crippen LogP contribution in [0.3, 0.4) is 0 Å². The van der Waals surface area contributed by atoms with Crippen LogP contribution in [-0.4, -0.2) is 25.3 Å². The third-order valence-corrected chi connectivity index (χ3v) is 2.51. The molecule has 0 aliphatic carbocycles. The third-order valence-electron chi connectivity index (χ3n) is 2.51. The van der Waals surface area contributed by atoms with E-state index in [2.05, 4.69) is 5.32 Å². The van der Waals surface area contributed by atoms with E-state index in [1.54, 1.807) is 0 Å². The van der Waals surface area contributed by atoms with Crippen LogP contribution in [0.25, 0.3) is 0 Å². The zero-order chi connectivity index (χ0) is 14.5. The predicted octanol–water partition coefficient (Wildman–Crippen LogP) is 3.05. The highest BCUT2D eigenvalue weighted by Gasteiger charge is 2.10. The number of ether oxygens (including phenoxy) is 1. The van der Waals surface area contributed by atoms with Crippen molar-refractivity contribution in [3.63, 3.8) is 0 Å². The van der Waals surface area contributed by atoms with Gasteiger partial charge in [0.15, 0.2) is 11.6 Å². The first-order valence-electron chi connectivity index (χ1n) is 6.26. The molecule has 2 nitrogen and oxygen atoms in total. The molecule has 0 fully saturated rings. The van der Waals surface area contributed by atoms with Crippen LogP contribution in [0.2, 0.25) is 0 Å². The number of halogens is 3. The van der Waals surface area contributed by atoms with Gasteiger partial charge in [0.25, 0.3) is 0 Å². The summed E-state index contributed by atoms with van der Waals surface area (Å²) in [6.45, 7) is 7.58. The van der Waals surface area contributed by atoms with Crippen molar-refractivity contribution in [1.82, 2.24) is 5.32 Å². The molecule has 5 heteroatoms. The van der Waals surface area contributed by atoms with E-state index in [1.165, 1.54) is 0 Å². The van der Waals surface area contributed by atoms with E-state index < -0.39 is 17.5 Å². The first kappa shape index (κ1) is 16.0. The SMILES string of the molecule is CC(C)(C)NCCOCCc1cc(F)c(F)cc1F. The van der Waals surface area contributed by atoms with Gasteiger partial charge in [0.05, 0.1) is 13.2 Å². The maximum Gasteiger partial charge on any atom is 0.161 e. The van der Waals surface area contributed by atoms with Crippen molar-refractivity contribution in [2.24, 2.45) is 0 Å². The summed E-state index contributed by atoms with van der Waals surface area (Å²) in [4.78, 5) is 0. The summed E-state index contributed by atoms with van der Waals surface area (Å²) < 4.78 is 44.2. The van der Waals surface area contributed by atoms with E-state index in [0.717, 1.165) is 6.07 Å². The maximum absolute atomic E-state index is 13.3. The summed E-state index contributed by atoms with van der Waals surface area (Å²) in [5.74, 6) is -2.95. The molecule has 0 aliphatic rings. The summed E-state index contributed by atoms with van der Waals surface area (Å²) in [7, 11) is 0. The molecule has 1 aromatic rings. The minimum atomic E-state index is -1.17. The molecule has 0 heterocycles. The number of rotatable bonds is 6. The van der Waals surface area contributed by atoms with Crippen LogP contribution in [0.1, 0.15) is 26.3 Å². The number of hydrogen-bond donors (Lipinski definition) is 1. The Balaban J connectivity index is 2.28. The van der Waals surface area contributed by atoms with E-state index in [4.69, 9.17) is 4.74 Å². The Labute approximate surface area is 112 Å². The van der Waals surface area contributed by atoms with Crippen molar-refractivity contribution in [3.05, 3.63) is 35.1 Å². The summed E-state index contributed by atoms with van der Waals surface area (Å²) in [6.07, 6.45) is 0.221. The van der Waals surface area contributed by atoms with E-state index >= 15 is 0 Å². The molecular weight excluding hydrogens is 255 g/mol. The second kappa shape index (κ2) is 6.91. The van der Waals surface area contributed by atoms with Crippen LogP contribution < -0.4 is 5.32 Å². The first-order chi connectivity index (χ1) is 8.79. The van der Waals surface area contributed by atoms with Gasteiger partial charge in [-0.3, -0.25) is 0 Å². The Bertz CT molecular complexity index is 416. The Morgan fingerprint density at radius 2 is 1.63 bits per heavy atom. The van der Waals surface area contributed by atoms with Gasteiger partial charge >= 0.3 is 0 Å². The van der Waals surface area contributed by atoms with Crippen LogP contribution in [0.5, 0.6) is 0 Å². The zero-order valence-corrected chi connectivity index (χ0v) is 11.5. The Morgan fingerprint density at radius 1 is 1.00 bits per heavy atom. The van der Waals surface area contributed by atoms with Gasteiger partial charge in [-0.25, -0.2) is 13.2 Å². The van der Waals surface area contributed by atoms with E-state index in [1.807, 2.05) is 20.8 Å². The highest BCUT2D eigenvalue weighted by molar-refractivity contribution is 5.20. The first-order valence-corrected chi connectivity index (χ1v) is 6.26. The minimum absolute atomic E-state index is 0.0234. The van der Waals surface area contributed by atoms with Crippen LogP contribution in [0.15, 0.2) is 12.1 Å². The molecule has 19 heavy (non-hydrogen) atoms. The number of benzene rings is 1. The van der Waals surface area contributed by atoms with Crippen molar-refractivity contribution in [2.75, 3.05) is 19.8 Å². The van der Waals surface area contributed by atoms with E-state index in [-0.39, 0.29) is 24.1 Å². The smallest absolute Gasteiger partial charge is 0.161 e. The quantitative estimate of drug-likeness (QED) is 0.636. The molecule has 0 atom stereocenters. The van der Waals surface area contributed by atoms with Gasteiger partial charge < -0.3 is 10.1 Å². The van der Waals surface area contributed by atoms with Gasteiger partial charge in [0.1, 0.15) is 5.82 Å². The van der Waals surface area contributed by atoms with Gasteiger partial charge in [-0.15, -0.1) is 0 Å². The third kappa shape index (κ3) is 6.07. The second-order valence-corrected chi connectivity index (χ2v) is 5.40. The van der Waals surface area contributed by atoms with Gasteiger partial charge in [0, 0.05) is 18.2 Å². The van der Waals surface area contributed by atoms with E-state index in [9.17, 15) is 13.2 Å². The van der Waals surface area contributed by atoms with E-state index in [0.29, 0.717) is 19.2 Å². The molecule has 0 radical (unpaired) electrons. The number of nitrogens with one attached hydrogen (secondary N) is 1. The maximum atomic E-state index is 13.3. The van der Waals surface area contributed by atoms with Crippen molar-refractivity contribution in [1.29, 1.82) is 0 Å². The van der Waals surface area contributed by atoms with Crippen molar-refractivity contribution in [3.8, 4) is 0 Å². The average molecular weight is 275 g/mol. The Hall–Kier alpha value is -1.07. The lowest BCUT2D eigenvalue weighted by atomic mass is 10.1. The van der Waals surface area contributed by atoms with Crippen molar-refractivity contribution < 1.29 is 17.9 Å². The summed E-state index contributed by atoms with van der Waals surface area (Å²) in [6, 6.07) is 1.44. The Kier molecular flexibility index (Phi) is 5.82. The molecule has 0 bridgehead atoms. The fraction of sp³-hybridized carbons (Fsp3) is 0.571. The number of hydrogen-bond acceptors (Lipinski definition) is 2. The monoisotopic (exact) mass is 275 g/mol. The molecular formula is C14H20F3NO. The topological polar surface area (TPSA) is 21.3 Å². The molecule has 0 unspecified atom stereocenters. The second-order valence-electron chi connectivity index (χ2n) is 5.40. The summed E-state index contributed by atoms with van der Waals surface area (Å²) >= 11 is 0. The normalized spacial score (nSPS) is 11.9. The fourth-order valence-electron chi connectivity index (χ4n) is 1.54. The standard InChI is InChI=1S/C14H20F3NO/c1-14(2,3)18-5-7-19-6-4-10-8-12(16)13(17)9-11(10)15/h8-9,18H,4-7H2,1-3H3. The molecule has 0 aliphatic heterocycles. The largest absolute Gasteiger partial charge is 0.380 e. The molecule has 0 spiro atoms. The van der Waals surface area contributed by atoms with Crippen LogP contribution in [0, 0.1) is 17.5 Å². The highest BCUT2D eigenvalue weighted by Crippen LogP contribution is 2.14. The molecule has 1 aromatic carbocycles. The van der Waals surface area contributed by atoms with Crippen LogP contribution in [0.4, 0.5) is 13.2 Å². The summed E-state index contributed by atoms with van der Waals surface area (Å²) in [5.41, 5.74) is 0.151. The zero-order valence-electron chi connectivity index (χ0n) is 11.5. The fourth-order valence-corrected chi connectivity index (χ4v) is 1.54. The molecule has 0 saturated carbocycles. The molecule has 0 amide bonds. The molecule has 0 saturated heterocycles. The van der Waals surface area contributed by atoms with Crippen LogP contribution in [-0.2, 0) is 11.2 Å². The van der Waals surface area contributed by atoms with Crippen molar-refractivity contribution in [2.45, 2.75) is 32.7 Å². The van der Waals surface area contributed by atoms with Gasteiger partial charge in [0.2, 0.25) is 0 Å². The minimum Gasteiger partial charge on any atom is -0.380 e. The van der Waals surface area contributed by atoms with Gasteiger partial charge in [-0.05, 0) is 38.8 Å². The van der Waals surface area contributed by atoms with Crippen LogP contribution >= 0.6 is 0 Å². The molecule has 0 aromatic heterocycles. The lowest BCUT2D eigenvalue weighted by Crippen LogP contribution is -2.38.